The van der Waals surface area contributed by atoms with Crippen LogP contribution in [0.3, 0.4) is 0 Å². The zero-order valence-corrected chi connectivity index (χ0v) is 27.1. The van der Waals surface area contributed by atoms with E-state index in [1.165, 1.54) is 18.9 Å². The van der Waals surface area contributed by atoms with Gasteiger partial charge < -0.3 is 14.0 Å². The van der Waals surface area contributed by atoms with Crippen molar-refractivity contribution in [2.24, 2.45) is 0 Å². The number of esters is 1. The van der Waals surface area contributed by atoms with Gasteiger partial charge in [-0.05, 0) is 40.8 Å². The molecule has 12 nitrogen and oxygen atoms in total. The van der Waals surface area contributed by atoms with Crippen molar-refractivity contribution in [1.82, 2.24) is 35.1 Å². The first-order chi connectivity index (χ1) is 23.4. The van der Waals surface area contributed by atoms with Crippen LogP contribution in [0.2, 0.25) is 0 Å². The molecule has 12 heteroatoms. The van der Waals surface area contributed by atoms with Crippen LogP contribution in [0.25, 0.3) is 22.5 Å². The van der Waals surface area contributed by atoms with Crippen LogP contribution in [0.15, 0.2) is 78.9 Å². The summed E-state index contributed by atoms with van der Waals surface area (Å²) in [6.45, 7) is 3.93. The van der Waals surface area contributed by atoms with Crippen LogP contribution in [0, 0.1) is 0 Å². The quantitative estimate of drug-likeness (QED) is 0.184. The summed E-state index contributed by atoms with van der Waals surface area (Å²) >= 11 is 0. The summed E-state index contributed by atoms with van der Waals surface area (Å²) in [7, 11) is 1.27. The van der Waals surface area contributed by atoms with E-state index in [0.29, 0.717) is 30.2 Å². The molecule has 2 unspecified atom stereocenters. The van der Waals surface area contributed by atoms with Gasteiger partial charge in [0.05, 0.1) is 18.5 Å². The number of tetrazole rings is 1. The molecule has 0 spiro atoms. The first kappa shape index (κ1) is 32.3. The number of benzene rings is 3. The number of ether oxygens (including phenoxy) is 2. The molecule has 2 aromatic heterocycles. The van der Waals surface area contributed by atoms with Gasteiger partial charge in [0, 0.05) is 24.9 Å². The number of imidazole rings is 1. The number of fused-ring (bicyclic) bond motifs is 1. The highest BCUT2D eigenvalue weighted by Gasteiger charge is 2.47. The van der Waals surface area contributed by atoms with E-state index >= 15 is 0 Å². The number of Topliss-reactive ketones (excluding diaryl/α,β-unsaturated/α-hetero) is 1. The van der Waals surface area contributed by atoms with Gasteiger partial charge >= 0.3 is 12.1 Å². The van der Waals surface area contributed by atoms with E-state index in [1.54, 1.807) is 0 Å². The predicted octanol–water partition coefficient (Wildman–Crippen LogP) is 5.49. The number of carbonyl (C=O) groups excluding carboxylic acids is 3. The number of amides is 1. The Morgan fingerprint density at radius 1 is 0.938 bits per heavy atom. The second-order valence-electron chi connectivity index (χ2n) is 11.7. The number of carbonyl (C=O) groups is 3. The Balaban J connectivity index is 1.36. The van der Waals surface area contributed by atoms with Crippen LogP contribution in [0.1, 0.15) is 61.1 Å². The Labute approximate surface area is 278 Å². The third kappa shape index (κ3) is 6.59. The molecule has 1 amide bonds. The van der Waals surface area contributed by atoms with Crippen molar-refractivity contribution in [3.05, 3.63) is 107 Å². The van der Waals surface area contributed by atoms with Crippen LogP contribution >= 0.6 is 0 Å². The lowest BCUT2D eigenvalue weighted by molar-refractivity contribution is -0.148. The number of unbranched alkanes of at least 4 members (excludes halogenated alkanes) is 1. The second-order valence-corrected chi connectivity index (χ2v) is 11.7. The number of methoxy groups -OCH3 is 1. The summed E-state index contributed by atoms with van der Waals surface area (Å²) in [4.78, 5) is 46.6. The number of nitrogens with zero attached hydrogens (tertiary/aromatic N) is 6. The first-order valence-corrected chi connectivity index (χ1v) is 16.0. The van der Waals surface area contributed by atoms with Crippen LogP contribution in [0.5, 0.6) is 0 Å². The van der Waals surface area contributed by atoms with E-state index in [-0.39, 0.29) is 18.8 Å². The fourth-order valence-corrected chi connectivity index (χ4v) is 6.25. The Morgan fingerprint density at radius 2 is 1.67 bits per heavy atom. The van der Waals surface area contributed by atoms with Gasteiger partial charge in [0.25, 0.3) is 0 Å². The van der Waals surface area contributed by atoms with Crippen LogP contribution in [-0.2, 0) is 45.1 Å². The Hall–Kier alpha value is -5.65. The highest BCUT2D eigenvalue weighted by molar-refractivity contribution is 5.91. The normalized spacial score (nSPS) is 15.5. The minimum atomic E-state index is -1.09. The topological polar surface area (TPSA) is 145 Å². The number of rotatable bonds is 11. The summed E-state index contributed by atoms with van der Waals surface area (Å²) in [5.74, 6) is 0.360. The van der Waals surface area contributed by atoms with Gasteiger partial charge in [-0.15, -0.1) is 10.2 Å². The molecule has 1 N–H and O–H groups in total. The Bertz CT molecular complexity index is 1890. The van der Waals surface area contributed by atoms with E-state index in [9.17, 15) is 14.4 Å². The van der Waals surface area contributed by atoms with E-state index in [0.717, 1.165) is 46.5 Å². The van der Waals surface area contributed by atoms with Gasteiger partial charge in [-0.25, -0.2) is 14.6 Å². The van der Waals surface area contributed by atoms with Crippen LogP contribution in [0.4, 0.5) is 4.79 Å². The summed E-state index contributed by atoms with van der Waals surface area (Å²) in [5.41, 5.74) is 5.76. The van der Waals surface area contributed by atoms with E-state index in [2.05, 4.69) is 27.5 Å². The van der Waals surface area contributed by atoms with Gasteiger partial charge in [-0.3, -0.25) is 9.69 Å². The standard InChI is InChI=1S/C36H37N7O5/c1-4-5-15-31-37-29-20-30(35(45)47-3)43(36(46)48-22-25-11-7-6-8-12-25)32(23(2)44)33(29)42(31)21-24-16-18-26(19-17-24)27-13-9-10-14-28(27)34-38-40-41-39-34/h6-14,16-19,30,32H,4-5,15,20-22H2,1-3H3,(H,38,39,40,41). The number of aromatic nitrogens is 6. The fraction of sp³-hybridized carbons (Fsp3) is 0.306. The third-order valence-corrected chi connectivity index (χ3v) is 8.57. The lowest BCUT2D eigenvalue weighted by Gasteiger charge is -2.38. The number of H-pyrrole nitrogens is 1. The average Bonchev–Trinajstić information content (AvgIpc) is 3.78. The lowest BCUT2D eigenvalue weighted by Crippen LogP contribution is -2.54. The first-order valence-electron chi connectivity index (χ1n) is 16.0. The maximum absolute atomic E-state index is 13.8. The van der Waals surface area contributed by atoms with Gasteiger partial charge in [0.15, 0.2) is 5.78 Å². The van der Waals surface area contributed by atoms with Crippen molar-refractivity contribution in [3.8, 4) is 22.5 Å². The summed E-state index contributed by atoms with van der Waals surface area (Å²) in [5, 5.41) is 14.5. The van der Waals surface area contributed by atoms with Crippen LogP contribution in [-0.4, -0.2) is 66.1 Å². The highest BCUT2D eigenvalue weighted by atomic mass is 16.6. The minimum Gasteiger partial charge on any atom is -0.467 e. The molecule has 48 heavy (non-hydrogen) atoms. The van der Waals surface area contributed by atoms with Crippen molar-refractivity contribution in [3.63, 3.8) is 0 Å². The van der Waals surface area contributed by atoms with Crippen molar-refractivity contribution in [1.29, 1.82) is 0 Å². The van der Waals surface area contributed by atoms with Gasteiger partial charge in [0.1, 0.15) is 24.5 Å². The van der Waals surface area contributed by atoms with E-state index < -0.39 is 24.1 Å². The molecular formula is C36H37N7O5. The second kappa shape index (κ2) is 14.4. The molecule has 0 bridgehead atoms. The molecule has 0 radical (unpaired) electrons. The molecule has 5 aromatic rings. The van der Waals surface area contributed by atoms with Gasteiger partial charge in [-0.2, -0.15) is 5.21 Å². The fourth-order valence-electron chi connectivity index (χ4n) is 6.25. The SMILES string of the molecule is CCCCc1nc2c(n1Cc1ccc(-c3ccccc3-c3nn[nH]n3)cc1)C(C(C)=O)N(C(=O)OCc1ccccc1)C(C(=O)OC)C2. The lowest BCUT2D eigenvalue weighted by atomic mass is 9.93. The molecule has 6 rings (SSSR count). The number of nitrogens with one attached hydrogen (secondary N) is 1. The molecule has 3 heterocycles. The molecule has 1 aliphatic heterocycles. The summed E-state index contributed by atoms with van der Waals surface area (Å²) in [6.07, 6.45) is 1.84. The van der Waals surface area contributed by atoms with Crippen molar-refractivity contribution in [2.45, 2.75) is 64.8 Å². The maximum atomic E-state index is 13.8. The highest BCUT2D eigenvalue weighted by Crippen LogP contribution is 2.37. The number of hydrogen-bond donors (Lipinski definition) is 1. The molecule has 1 aliphatic rings. The van der Waals surface area contributed by atoms with Gasteiger partial charge in [0.2, 0.25) is 5.82 Å². The molecule has 0 saturated heterocycles. The molecule has 3 aromatic carbocycles. The zero-order chi connectivity index (χ0) is 33.6. The largest absolute Gasteiger partial charge is 0.467 e. The third-order valence-electron chi connectivity index (χ3n) is 8.57. The monoisotopic (exact) mass is 647 g/mol. The minimum absolute atomic E-state index is 0.00917. The Morgan fingerprint density at radius 3 is 2.33 bits per heavy atom. The van der Waals surface area contributed by atoms with Crippen molar-refractivity contribution in [2.75, 3.05) is 7.11 Å². The predicted molar refractivity (Wildman–Crippen MR) is 176 cm³/mol. The van der Waals surface area contributed by atoms with Crippen molar-refractivity contribution >= 4 is 17.8 Å². The van der Waals surface area contributed by atoms with Crippen LogP contribution < -0.4 is 0 Å². The smallest absolute Gasteiger partial charge is 0.411 e. The zero-order valence-electron chi connectivity index (χ0n) is 27.1. The van der Waals surface area contributed by atoms with E-state index in [4.69, 9.17) is 14.5 Å². The maximum Gasteiger partial charge on any atom is 0.411 e. The summed E-state index contributed by atoms with van der Waals surface area (Å²) in [6, 6.07) is 23.1. The van der Waals surface area contributed by atoms with Gasteiger partial charge in [-0.1, -0.05) is 92.2 Å². The number of aryl methyl sites for hydroxylation is 1. The number of aromatic amines is 1. The Kier molecular flexibility index (Phi) is 9.70. The molecule has 0 aliphatic carbocycles. The average molecular weight is 648 g/mol. The molecule has 2 atom stereocenters. The van der Waals surface area contributed by atoms with E-state index in [1.807, 2.05) is 83.4 Å². The molecular weight excluding hydrogens is 610 g/mol. The summed E-state index contributed by atoms with van der Waals surface area (Å²) < 4.78 is 12.8. The number of hydrogen-bond acceptors (Lipinski definition) is 9. The molecule has 0 saturated carbocycles. The number of ketones is 1. The molecule has 0 fully saturated rings. The molecule has 246 valence electrons. The van der Waals surface area contributed by atoms with Crippen molar-refractivity contribution < 1.29 is 23.9 Å².